The topological polar surface area (TPSA) is 66.4 Å². The molecule has 98 valence electrons. The van der Waals surface area contributed by atoms with Crippen LogP contribution in [0.3, 0.4) is 0 Å². The molecule has 0 aliphatic rings. The Labute approximate surface area is 116 Å². The predicted molar refractivity (Wildman–Crippen MR) is 70.9 cm³/mol. The Morgan fingerprint density at radius 3 is 2.94 bits per heavy atom. The maximum Gasteiger partial charge on any atom is 0.327 e. The summed E-state index contributed by atoms with van der Waals surface area (Å²) >= 11 is 4.60. The number of nitrogens with one attached hydrogen (secondary N) is 1. The van der Waals surface area contributed by atoms with Gasteiger partial charge in [0.2, 0.25) is 6.41 Å². The fourth-order valence-electron chi connectivity index (χ4n) is 1.21. The second-order valence-corrected chi connectivity index (χ2v) is 5.31. The van der Waals surface area contributed by atoms with Crippen molar-refractivity contribution in [2.45, 2.75) is 11.8 Å². The average Bonchev–Trinajstić information content (AvgIpc) is 2.32. The molecule has 0 saturated heterocycles. The van der Waals surface area contributed by atoms with Crippen molar-refractivity contribution in [1.29, 1.82) is 0 Å². The lowest BCUT2D eigenvalue weighted by Crippen LogP contribution is -2.37. The van der Waals surface area contributed by atoms with E-state index in [1.165, 1.54) is 23.9 Å². The summed E-state index contributed by atoms with van der Waals surface area (Å²) < 4.78 is 13.8. The molecule has 0 heterocycles. The van der Waals surface area contributed by atoms with Gasteiger partial charge < -0.3 is 10.4 Å². The molecule has 0 aliphatic carbocycles. The summed E-state index contributed by atoms with van der Waals surface area (Å²) in [6.45, 7) is 0. The molecule has 1 amide bonds. The van der Waals surface area contributed by atoms with Crippen molar-refractivity contribution >= 4 is 40.1 Å². The lowest BCUT2D eigenvalue weighted by atomic mass is 10.2. The number of carboxylic acids is 1. The second-order valence-electron chi connectivity index (χ2n) is 3.43. The summed E-state index contributed by atoms with van der Waals surface area (Å²) in [5.41, 5.74) is 0.746. The van der Waals surface area contributed by atoms with E-state index in [4.69, 9.17) is 5.11 Å². The summed E-state index contributed by atoms with van der Waals surface area (Å²) in [6, 6.07) is 3.40. The Kier molecular flexibility index (Phi) is 6.14. The van der Waals surface area contributed by atoms with Gasteiger partial charge in [0.05, 0.1) is 0 Å². The highest BCUT2D eigenvalue weighted by Crippen LogP contribution is 2.23. The predicted octanol–water partition coefficient (Wildman–Crippen LogP) is 2.02. The summed E-state index contributed by atoms with van der Waals surface area (Å²) in [5.74, 6) is -0.748. The first-order chi connectivity index (χ1) is 8.54. The number of aliphatic carboxylic acids is 1. The van der Waals surface area contributed by atoms with Crippen molar-refractivity contribution in [2.75, 3.05) is 5.75 Å². The number of halogens is 2. The second kappa shape index (κ2) is 7.38. The average molecular weight is 336 g/mol. The zero-order chi connectivity index (χ0) is 13.5. The van der Waals surface area contributed by atoms with Gasteiger partial charge in [-0.15, -0.1) is 0 Å². The van der Waals surface area contributed by atoms with Crippen LogP contribution in [0.25, 0.3) is 0 Å². The quantitative estimate of drug-likeness (QED) is 0.748. The Hall–Kier alpha value is -1.08. The largest absolute Gasteiger partial charge is 0.480 e. The van der Waals surface area contributed by atoms with Crippen LogP contribution < -0.4 is 5.32 Å². The van der Waals surface area contributed by atoms with Crippen LogP contribution in [0.5, 0.6) is 0 Å². The maximum absolute atomic E-state index is 13.0. The van der Waals surface area contributed by atoms with E-state index >= 15 is 0 Å². The zero-order valence-electron chi connectivity index (χ0n) is 9.23. The molecule has 18 heavy (non-hydrogen) atoms. The molecule has 2 N–H and O–H groups in total. The third-order valence-corrected chi connectivity index (χ3v) is 3.97. The third kappa shape index (κ3) is 4.66. The maximum atomic E-state index is 13.0. The van der Waals surface area contributed by atoms with Crippen LogP contribution in [0.4, 0.5) is 4.39 Å². The number of carbonyl (C=O) groups excluding carboxylic acids is 1. The van der Waals surface area contributed by atoms with Gasteiger partial charge in [-0.2, -0.15) is 11.8 Å². The first-order valence-corrected chi connectivity index (χ1v) is 6.93. The van der Waals surface area contributed by atoms with Crippen LogP contribution in [0.1, 0.15) is 5.56 Å². The fourth-order valence-corrected chi connectivity index (χ4v) is 2.84. The van der Waals surface area contributed by atoms with Gasteiger partial charge in [-0.25, -0.2) is 9.18 Å². The van der Waals surface area contributed by atoms with Gasteiger partial charge in [0, 0.05) is 16.0 Å². The summed E-state index contributed by atoms with van der Waals surface area (Å²) in [6.07, 6.45) is 0.359. The molecule has 0 spiro atoms. The van der Waals surface area contributed by atoms with Crippen molar-refractivity contribution in [3.8, 4) is 0 Å². The minimum absolute atomic E-state index is 0.219. The highest BCUT2D eigenvalue weighted by Gasteiger charge is 2.16. The SMILES string of the molecule is O=CNC(CSCc1cc(F)ccc1Br)C(=O)O. The number of carboxylic acid groups (broad SMARTS) is 1. The molecule has 1 rings (SSSR count). The summed E-state index contributed by atoms with van der Waals surface area (Å²) in [5, 5.41) is 11.0. The monoisotopic (exact) mass is 335 g/mol. The smallest absolute Gasteiger partial charge is 0.327 e. The summed E-state index contributed by atoms with van der Waals surface area (Å²) in [4.78, 5) is 21.0. The number of benzene rings is 1. The van der Waals surface area contributed by atoms with Gasteiger partial charge in [-0.05, 0) is 23.8 Å². The van der Waals surface area contributed by atoms with E-state index in [-0.39, 0.29) is 11.6 Å². The van der Waals surface area contributed by atoms with Crippen molar-refractivity contribution in [3.05, 3.63) is 34.1 Å². The van der Waals surface area contributed by atoms with Crippen LogP contribution in [0, 0.1) is 5.82 Å². The van der Waals surface area contributed by atoms with E-state index in [0.29, 0.717) is 12.2 Å². The first kappa shape index (κ1) is 15.0. The highest BCUT2D eigenvalue weighted by molar-refractivity contribution is 9.10. The van der Waals surface area contributed by atoms with Gasteiger partial charge in [0.1, 0.15) is 11.9 Å². The normalized spacial score (nSPS) is 11.9. The molecule has 7 heteroatoms. The fraction of sp³-hybridized carbons (Fsp3) is 0.273. The molecule has 0 aromatic heterocycles. The van der Waals surface area contributed by atoms with Gasteiger partial charge in [0.25, 0.3) is 0 Å². The number of amides is 1. The van der Waals surface area contributed by atoms with Crippen molar-refractivity contribution in [3.63, 3.8) is 0 Å². The van der Waals surface area contributed by atoms with Crippen LogP contribution >= 0.6 is 27.7 Å². The summed E-state index contributed by atoms with van der Waals surface area (Å²) in [7, 11) is 0. The molecule has 0 aliphatic heterocycles. The van der Waals surface area contributed by atoms with E-state index in [9.17, 15) is 14.0 Å². The van der Waals surface area contributed by atoms with Crippen LogP contribution in [-0.2, 0) is 15.3 Å². The Morgan fingerprint density at radius 2 is 2.33 bits per heavy atom. The minimum Gasteiger partial charge on any atom is -0.480 e. The van der Waals surface area contributed by atoms with E-state index in [1.807, 2.05) is 0 Å². The minimum atomic E-state index is -1.09. The van der Waals surface area contributed by atoms with E-state index in [2.05, 4.69) is 21.2 Å². The molecule has 0 radical (unpaired) electrons. The van der Waals surface area contributed by atoms with Crippen molar-refractivity contribution in [1.82, 2.24) is 5.32 Å². The third-order valence-electron chi connectivity index (χ3n) is 2.12. The van der Waals surface area contributed by atoms with E-state index < -0.39 is 12.0 Å². The molecule has 1 unspecified atom stereocenters. The molecule has 0 bridgehead atoms. The van der Waals surface area contributed by atoms with Crippen molar-refractivity contribution in [2.24, 2.45) is 0 Å². The Morgan fingerprint density at radius 1 is 1.61 bits per heavy atom. The molecule has 1 aromatic carbocycles. The standard InChI is InChI=1S/C11H11BrFNO3S/c12-9-2-1-8(13)3-7(9)4-18-5-10(11(16)17)14-6-15/h1-3,6,10H,4-5H2,(H,14,15)(H,16,17). The molecular weight excluding hydrogens is 325 g/mol. The molecule has 1 atom stereocenters. The van der Waals surface area contributed by atoms with Gasteiger partial charge in [-0.3, -0.25) is 4.79 Å². The van der Waals surface area contributed by atoms with Gasteiger partial charge >= 0.3 is 5.97 Å². The highest BCUT2D eigenvalue weighted by atomic mass is 79.9. The zero-order valence-corrected chi connectivity index (χ0v) is 11.6. The number of hydrogen-bond donors (Lipinski definition) is 2. The number of thioether (sulfide) groups is 1. The lowest BCUT2D eigenvalue weighted by Gasteiger charge is -2.11. The lowest BCUT2D eigenvalue weighted by molar-refractivity contribution is -0.139. The number of carbonyl (C=O) groups is 2. The van der Waals surface area contributed by atoms with Crippen LogP contribution in [-0.4, -0.2) is 29.3 Å². The number of hydrogen-bond acceptors (Lipinski definition) is 3. The Balaban J connectivity index is 2.52. The van der Waals surface area contributed by atoms with Gasteiger partial charge in [0.15, 0.2) is 0 Å². The van der Waals surface area contributed by atoms with Gasteiger partial charge in [-0.1, -0.05) is 15.9 Å². The molecule has 0 saturated carbocycles. The van der Waals surface area contributed by atoms with E-state index in [0.717, 1.165) is 10.0 Å². The van der Waals surface area contributed by atoms with E-state index in [1.54, 1.807) is 6.07 Å². The Bertz CT molecular complexity index is 444. The van der Waals surface area contributed by atoms with Crippen LogP contribution in [0.15, 0.2) is 22.7 Å². The van der Waals surface area contributed by atoms with Crippen molar-refractivity contribution < 1.29 is 19.1 Å². The molecule has 1 aromatic rings. The number of rotatable bonds is 7. The van der Waals surface area contributed by atoms with Crippen LogP contribution in [0.2, 0.25) is 0 Å². The molecular formula is C11H11BrFNO3S. The molecule has 0 fully saturated rings. The first-order valence-electron chi connectivity index (χ1n) is 4.98. The molecule has 4 nitrogen and oxygen atoms in total.